The van der Waals surface area contributed by atoms with Gasteiger partial charge in [-0.25, -0.2) is 18.7 Å². The summed E-state index contributed by atoms with van der Waals surface area (Å²) in [6.07, 6.45) is 13.2. The molecule has 1 atom stereocenters. The zero-order valence-corrected chi connectivity index (χ0v) is 18.5. The Bertz CT molecular complexity index is 1470. The van der Waals surface area contributed by atoms with E-state index in [1.807, 2.05) is 30.4 Å². The smallest absolute Gasteiger partial charge is 0.328 e. The van der Waals surface area contributed by atoms with Gasteiger partial charge in [0, 0.05) is 48.1 Å². The largest absolute Gasteiger partial charge is 0.337 e. The Morgan fingerprint density at radius 2 is 1.97 bits per heavy atom. The van der Waals surface area contributed by atoms with Crippen molar-refractivity contribution in [3.8, 4) is 11.8 Å². The maximum Gasteiger partial charge on any atom is 0.337 e. The lowest BCUT2D eigenvalue weighted by molar-refractivity contribution is 0.309. The third-order valence-electron chi connectivity index (χ3n) is 6.41. The van der Waals surface area contributed by atoms with Crippen LogP contribution in [-0.2, 0) is 0 Å². The van der Waals surface area contributed by atoms with Crippen LogP contribution in [0.4, 0.5) is 4.39 Å². The third kappa shape index (κ3) is 4.22. The molecule has 0 aromatic carbocycles. The highest BCUT2D eigenvalue weighted by Gasteiger charge is 2.27. The van der Waals surface area contributed by atoms with Gasteiger partial charge in [0.1, 0.15) is 5.82 Å². The van der Waals surface area contributed by atoms with Crippen LogP contribution in [0.3, 0.4) is 0 Å². The number of nitrogens with zero attached hydrogens (tertiary/aromatic N) is 4. The number of allylic oxidation sites excluding steroid dienone is 4. The van der Waals surface area contributed by atoms with Crippen molar-refractivity contribution in [2.45, 2.75) is 44.2 Å². The van der Waals surface area contributed by atoms with Gasteiger partial charge in [-0.1, -0.05) is 24.0 Å². The van der Waals surface area contributed by atoms with Gasteiger partial charge in [0.05, 0.1) is 11.6 Å². The molecule has 0 saturated heterocycles. The second-order valence-electron chi connectivity index (χ2n) is 8.75. The normalized spacial score (nSPS) is 22.2. The second-order valence-corrected chi connectivity index (χ2v) is 8.75. The minimum atomic E-state index is -0.621. The fourth-order valence-electron chi connectivity index (χ4n) is 4.66. The number of fused-ring (bicyclic) bond motifs is 1. The van der Waals surface area contributed by atoms with Crippen LogP contribution in [0.25, 0.3) is 16.7 Å². The number of rotatable bonds is 2. The van der Waals surface area contributed by atoms with Gasteiger partial charge in [0.15, 0.2) is 5.65 Å². The van der Waals surface area contributed by atoms with Gasteiger partial charge in [-0.3, -0.25) is 14.3 Å². The minimum absolute atomic E-state index is 0.0686. The van der Waals surface area contributed by atoms with Gasteiger partial charge in [-0.15, -0.1) is 0 Å². The van der Waals surface area contributed by atoms with Crippen molar-refractivity contribution in [3.05, 3.63) is 87.2 Å². The van der Waals surface area contributed by atoms with Gasteiger partial charge in [0.25, 0.3) is 5.56 Å². The molecule has 3 heterocycles. The number of hydrogen-bond acceptors (Lipinski definition) is 5. The first kappa shape index (κ1) is 22.0. The molecule has 2 N–H and O–H groups in total. The van der Waals surface area contributed by atoms with Crippen molar-refractivity contribution < 1.29 is 4.39 Å². The van der Waals surface area contributed by atoms with Crippen LogP contribution in [0.1, 0.15) is 43.7 Å². The average Bonchev–Trinajstić information content (AvgIpc) is 2.85. The molecule has 3 aromatic rings. The number of aromatic nitrogens is 4. The Labute approximate surface area is 195 Å². The van der Waals surface area contributed by atoms with E-state index in [2.05, 4.69) is 21.8 Å². The van der Waals surface area contributed by atoms with E-state index < -0.39 is 17.1 Å². The molecule has 0 radical (unpaired) electrons. The number of pyridine rings is 2. The van der Waals surface area contributed by atoms with E-state index in [0.29, 0.717) is 25.0 Å². The molecule has 1 fully saturated rings. The van der Waals surface area contributed by atoms with Crippen LogP contribution >= 0.6 is 0 Å². The van der Waals surface area contributed by atoms with E-state index in [4.69, 9.17) is 5.73 Å². The summed E-state index contributed by atoms with van der Waals surface area (Å²) in [5.41, 5.74) is 6.67. The zero-order chi connectivity index (χ0) is 23.7. The first-order valence-electron chi connectivity index (χ1n) is 11.4. The Morgan fingerprint density at radius 3 is 2.74 bits per heavy atom. The molecule has 172 valence electrons. The molecular weight excluding hydrogens is 433 g/mol. The predicted octanol–water partition coefficient (Wildman–Crippen LogP) is 3.00. The standard InChI is InChI=1S/C26H24FN5O2/c27-19-14-23-24(30-16-19)31(26(34)32(25(23)33)21-10-8-20(28)9-11-21)22-5-1-3-17(13-22)6-7-18-4-2-12-29-15-18/h1-5,12,14-17,20-21H,8-11,13,28H2/t17?,20-,21+. The molecule has 1 unspecified atom stereocenters. The number of nitrogens with two attached hydrogens (primary N) is 1. The Balaban J connectivity index is 1.60. The highest BCUT2D eigenvalue weighted by molar-refractivity contribution is 5.77. The van der Waals surface area contributed by atoms with Crippen LogP contribution in [0.5, 0.6) is 0 Å². The number of halogens is 1. The summed E-state index contributed by atoms with van der Waals surface area (Å²) in [4.78, 5) is 35.2. The zero-order valence-electron chi connectivity index (χ0n) is 18.5. The van der Waals surface area contributed by atoms with Crippen LogP contribution in [0, 0.1) is 23.6 Å². The minimum Gasteiger partial charge on any atom is -0.328 e. The Kier molecular flexibility index (Phi) is 5.95. The maximum atomic E-state index is 14.1. The predicted molar refractivity (Wildman–Crippen MR) is 128 cm³/mol. The monoisotopic (exact) mass is 457 g/mol. The third-order valence-corrected chi connectivity index (χ3v) is 6.41. The molecule has 0 bridgehead atoms. The molecule has 34 heavy (non-hydrogen) atoms. The molecule has 3 aromatic heterocycles. The first-order valence-corrected chi connectivity index (χ1v) is 11.4. The summed E-state index contributed by atoms with van der Waals surface area (Å²) < 4.78 is 16.8. The van der Waals surface area contributed by atoms with Gasteiger partial charge in [-0.05, 0) is 50.0 Å². The van der Waals surface area contributed by atoms with Crippen molar-refractivity contribution in [2.24, 2.45) is 11.7 Å². The van der Waals surface area contributed by atoms with Crippen molar-refractivity contribution in [2.75, 3.05) is 0 Å². The van der Waals surface area contributed by atoms with Crippen molar-refractivity contribution in [3.63, 3.8) is 0 Å². The van der Waals surface area contributed by atoms with Crippen LogP contribution in [-0.4, -0.2) is 25.1 Å². The quantitative estimate of drug-likeness (QED) is 0.597. The highest BCUT2D eigenvalue weighted by Crippen LogP contribution is 2.27. The van der Waals surface area contributed by atoms with E-state index in [0.717, 1.165) is 30.7 Å². The molecule has 8 heteroatoms. The lowest BCUT2D eigenvalue weighted by Gasteiger charge is -2.28. The van der Waals surface area contributed by atoms with E-state index in [1.54, 1.807) is 12.4 Å². The van der Waals surface area contributed by atoms with E-state index >= 15 is 0 Å². The topological polar surface area (TPSA) is 95.8 Å². The summed E-state index contributed by atoms with van der Waals surface area (Å²) in [6, 6.07) is 4.65. The molecule has 7 nitrogen and oxygen atoms in total. The number of hydrogen-bond donors (Lipinski definition) is 1. The molecule has 1 saturated carbocycles. The van der Waals surface area contributed by atoms with Crippen molar-refractivity contribution in [1.29, 1.82) is 0 Å². The van der Waals surface area contributed by atoms with Gasteiger partial charge in [0.2, 0.25) is 0 Å². The molecule has 0 amide bonds. The first-order chi connectivity index (χ1) is 16.5. The van der Waals surface area contributed by atoms with Crippen molar-refractivity contribution >= 4 is 16.7 Å². The van der Waals surface area contributed by atoms with Gasteiger partial charge < -0.3 is 5.73 Å². The fraction of sp³-hybridized carbons (Fsp3) is 0.308. The molecule has 2 aliphatic rings. The lowest BCUT2D eigenvalue weighted by atomic mass is 9.91. The van der Waals surface area contributed by atoms with Crippen LogP contribution in [0.15, 0.2) is 64.6 Å². The Morgan fingerprint density at radius 1 is 1.15 bits per heavy atom. The van der Waals surface area contributed by atoms with Crippen molar-refractivity contribution in [1.82, 2.24) is 19.1 Å². The average molecular weight is 458 g/mol. The summed E-state index contributed by atoms with van der Waals surface area (Å²) in [6.45, 7) is 0. The lowest BCUT2D eigenvalue weighted by Crippen LogP contribution is -2.44. The molecular formula is C26H24FN5O2. The fourth-order valence-corrected chi connectivity index (χ4v) is 4.66. The van der Waals surface area contributed by atoms with Crippen LogP contribution < -0.4 is 17.0 Å². The maximum absolute atomic E-state index is 14.1. The van der Waals surface area contributed by atoms with E-state index in [9.17, 15) is 14.0 Å². The van der Waals surface area contributed by atoms with Gasteiger partial charge >= 0.3 is 5.69 Å². The molecule has 0 aliphatic heterocycles. The highest BCUT2D eigenvalue weighted by atomic mass is 19.1. The summed E-state index contributed by atoms with van der Waals surface area (Å²) in [5, 5.41) is 0.0860. The second kappa shape index (κ2) is 9.20. The Hall–Kier alpha value is -3.83. The summed E-state index contributed by atoms with van der Waals surface area (Å²) >= 11 is 0. The van der Waals surface area contributed by atoms with E-state index in [-0.39, 0.29) is 29.0 Å². The summed E-state index contributed by atoms with van der Waals surface area (Å²) in [7, 11) is 0. The molecule has 5 rings (SSSR count). The summed E-state index contributed by atoms with van der Waals surface area (Å²) in [5.74, 6) is 5.56. The molecule has 2 aliphatic carbocycles. The SMILES string of the molecule is N[C@H]1CC[C@@H](n2c(=O)c3cc(F)cnc3n(C3=CC=CC(C#Cc4cccnc4)C3)c2=O)CC1. The van der Waals surface area contributed by atoms with E-state index in [1.165, 1.54) is 9.13 Å². The van der Waals surface area contributed by atoms with Gasteiger partial charge in [-0.2, -0.15) is 0 Å². The van der Waals surface area contributed by atoms with Crippen LogP contribution in [0.2, 0.25) is 0 Å². The molecule has 0 spiro atoms.